The number of anilines is 1. The van der Waals surface area contributed by atoms with E-state index in [1.54, 1.807) is 11.9 Å². The normalized spacial score (nSPS) is 11.5. The standard InChI is InChI=1S/C19H17F3N4O3/c1-26(12-17-24-18(25-29-17)13-5-3-2-4-6-13)11-16(27)23-14-7-9-15(10-8-14)28-19(20,21)22/h2-10H,11-12H2,1H3,(H,23,27). The molecule has 3 aromatic rings. The third-order valence-electron chi connectivity index (χ3n) is 3.69. The Bertz CT molecular complexity index is 943. The van der Waals surface area contributed by atoms with E-state index < -0.39 is 6.36 Å². The number of carbonyl (C=O) groups is 1. The molecule has 0 aliphatic rings. The van der Waals surface area contributed by atoms with Gasteiger partial charge >= 0.3 is 6.36 Å². The summed E-state index contributed by atoms with van der Waals surface area (Å²) in [5, 5.41) is 6.51. The first-order chi connectivity index (χ1) is 13.8. The van der Waals surface area contributed by atoms with Crippen LogP contribution in [0.15, 0.2) is 59.1 Å². The Balaban J connectivity index is 1.50. The summed E-state index contributed by atoms with van der Waals surface area (Å²) < 4.78 is 45.5. The predicted molar refractivity (Wildman–Crippen MR) is 97.8 cm³/mol. The van der Waals surface area contributed by atoms with Crippen LogP contribution in [0.25, 0.3) is 11.4 Å². The highest BCUT2D eigenvalue weighted by Gasteiger charge is 2.30. The van der Waals surface area contributed by atoms with Crippen LogP contribution in [-0.2, 0) is 11.3 Å². The number of likely N-dealkylation sites (N-methyl/N-ethyl adjacent to an activating group) is 1. The van der Waals surface area contributed by atoms with E-state index >= 15 is 0 Å². The molecule has 0 bridgehead atoms. The summed E-state index contributed by atoms with van der Waals surface area (Å²) in [5.41, 5.74) is 1.17. The fourth-order valence-corrected chi connectivity index (χ4v) is 2.50. The van der Waals surface area contributed by atoms with Crippen LogP contribution in [0.2, 0.25) is 0 Å². The van der Waals surface area contributed by atoms with E-state index in [0.717, 1.165) is 17.7 Å². The quantitative estimate of drug-likeness (QED) is 0.644. The van der Waals surface area contributed by atoms with Crippen LogP contribution in [0.5, 0.6) is 5.75 Å². The maximum Gasteiger partial charge on any atom is 0.573 e. The number of carbonyl (C=O) groups excluding carboxylic acids is 1. The molecule has 1 amide bonds. The Hall–Kier alpha value is -3.40. The SMILES string of the molecule is CN(CC(=O)Nc1ccc(OC(F)(F)F)cc1)Cc1nc(-c2ccccc2)no1. The van der Waals surface area contributed by atoms with Gasteiger partial charge in [0.05, 0.1) is 13.1 Å². The number of hydrogen-bond acceptors (Lipinski definition) is 6. The molecular formula is C19H17F3N4O3. The van der Waals surface area contributed by atoms with Gasteiger partial charge in [0, 0.05) is 11.3 Å². The predicted octanol–water partition coefficient (Wildman–Crippen LogP) is 3.71. The second-order valence-electron chi connectivity index (χ2n) is 6.17. The molecule has 0 radical (unpaired) electrons. The van der Waals surface area contributed by atoms with Crippen LogP contribution in [0, 0.1) is 0 Å². The van der Waals surface area contributed by atoms with E-state index in [0.29, 0.717) is 17.4 Å². The fourth-order valence-electron chi connectivity index (χ4n) is 2.50. The lowest BCUT2D eigenvalue weighted by molar-refractivity contribution is -0.274. The van der Waals surface area contributed by atoms with E-state index in [4.69, 9.17) is 4.52 Å². The van der Waals surface area contributed by atoms with Crippen molar-refractivity contribution < 1.29 is 27.2 Å². The smallest absolute Gasteiger partial charge is 0.406 e. The molecule has 3 rings (SSSR count). The van der Waals surface area contributed by atoms with Gasteiger partial charge in [0.2, 0.25) is 17.6 Å². The topological polar surface area (TPSA) is 80.5 Å². The van der Waals surface area contributed by atoms with Gasteiger partial charge in [-0.3, -0.25) is 9.69 Å². The number of amides is 1. The van der Waals surface area contributed by atoms with Crippen LogP contribution < -0.4 is 10.1 Å². The number of alkyl halides is 3. The maximum atomic E-state index is 12.2. The van der Waals surface area contributed by atoms with E-state index in [2.05, 4.69) is 20.2 Å². The highest BCUT2D eigenvalue weighted by Crippen LogP contribution is 2.24. The molecule has 0 atom stereocenters. The van der Waals surface area contributed by atoms with E-state index in [1.165, 1.54) is 12.1 Å². The molecular weight excluding hydrogens is 389 g/mol. The van der Waals surface area contributed by atoms with Gasteiger partial charge in [0.1, 0.15) is 5.75 Å². The Labute approximate surface area is 164 Å². The number of ether oxygens (including phenoxy) is 1. The molecule has 1 N–H and O–H groups in total. The summed E-state index contributed by atoms with van der Waals surface area (Å²) in [6.07, 6.45) is -4.76. The number of nitrogens with one attached hydrogen (secondary N) is 1. The minimum Gasteiger partial charge on any atom is -0.406 e. The van der Waals surface area contributed by atoms with Crippen molar-refractivity contribution in [3.05, 3.63) is 60.5 Å². The molecule has 10 heteroatoms. The van der Waals surface area contributed by atoms with Crippen LogP contribution in [-0.4, -0.2) is 40.9 Å². The van der Waals surface area contributed by atoms with Crippen molar-refractivity contribution in [1.29, 1.82) is 0 Å². The van der Waals surface area contributed by atoms with Crippen molar-refractivity contribution in [1.82, 2.24) is 15.0 Å². The molecule has 0 unspecified atom stereocenters. The Morgan fingerprint density at radius 1 is 1.14 bits per heavy atom. The number of rotatable bonds is 7. The lowest BCUT2D eigenvalue weighted by atomic mass is 10.2. The summed E-state index contributed by atoms with van der Waals surface area (Å²) in [4.78, 5) is 18.1. The molecule has 0 spiro atoms. The summed E-state index contributed by atoms with van der Waals surface area (Å²) in [6.45, 7) is 0.273. The molecule has 29 heavy (non-hydrogen) atoms. The number of halogens is 3. The molecule has 0 saturated heterocycles. The lowest BCUT2D eigenvalue weighted by Crippen LogP contribution is -2.29. The zero-order valence-corrected chi connectivity index (χ0v) is 15.3. The van der Waals surface area contributed by atoms with Crippen molar-refractivity contribution in [2.24, 2.45) is 0 Å². The molecule has 1 aromatic heterocycles. The third kappa shape index (κ3) is 6.32. The van der Waals surface area contributed by atoms with Gasteiger partial charge < -0.3 is 14.6 Å². The molecule has 0 aliphatic heterocycles. The zero-order chi connectivity index (χ0) is 20.9. The fraction of sp³-hybridized carbons (Fsp3) is 0.211. The largest absolute Gasteiger partial charge is 0.573 e. The summed E-state index contributed by atoms with van der Waals surface area (Å²) in [6, 6.07) is 14.2. The van der Waals surface area contributed by atoms with Crippen LogP contribution in [0.4, 0.5) is 18.9 Å². The molecule has 7 nitrogen and oxygen atoms in total. The number of benzene rings is 2. The molecule has 1 heterocycles. The molecule has 2 aromatic carbocycles. The second kappa shape index (κ2) is 8.74. The molecule has 0 fully saturated rings. The first-order valence-corrected chi connectivity index (χ1v) is 8.51. The Morgan fingerprint density at radius 3 is 2.48 bits per heavy atom. The van der Waals surface area contributed by atoms with Crippen molar-refractivity contribution in [3.63, 3.8) is 0 Å². The number of aromatic nitrogens is 2. The van der Waals surface area contributed by atoms with Gasteiger partial charge in [-0.1, -0.05) is 35.5 Å². The first-order valence-electron chi connectivity index (χ1n) is 8.51. The van der Waals surface area contributed by atoms with Crippen molar-refractivity contribution in [2.75, 3.05) is 18.9 Å². The average molecular weight is 406 g/mol. The van der Waals surface area contributed by atoms with Gasteiger partial charge in [-0.05, 0) is 31.3 Å². The minimum atomic E-state index is -4.76. The van der Waals surface area contributed by atoms with Crippen molar-refractivity contribution >= 4 is 11.6 Å². The highest BCUT2D eigenvalue weighted by molar-refractivity contribution is 5.92. The van der Waals surface area contributed by atoms with Gasteiger partial charge in [-0.15, -0.1) is 13.2 Å². The van der Waals surface area contributed by atoms with E-state index in [-0.39, 0.29) is 24.7 Å². The van der Waals surface area contributed by atoms with Crippen molar-refractivity contribution in [3.8, 4) is 17.1 Å². The van der Waals surface area contributed by atoms with E-state index in [9.17, 15) is 18.0 Å². The molecule has 0 saturated carbocycles. The molecule has 0 aliphatic carbocycles. The average Bonchev–Trinajstić information content (AvgIpc) is 3.11. The monoisotopic (exact) mass is 406 g/mol. The highest BCUT2D eigenvalue weighted by atomic mass is 19.4. The lowest BCUT2D eigenvalue weighted by Gasteiger charge is -2.14. The zero-order valence-electron chi connectivity index (χ0n) is 15.3. The number of nitrogens with zero attached hydrogens (tertiary/aromatic N) is 3. The van der Waals surface area contributed by atoms with Gasteiger partial charge in [0.25, 0.3) is 0 Å². The first kappa shape index (κ1) is 20.3. The maximum absolute atomic E-state index is 12.2. The molecule has 152 valence electrons. The van der Waals surface area contributed by atoms with Gasteiger partial charge in [-0.25, -0.2) is 0 Å². The summed E-state index contributed by atoms with van der Waals surface area (Å²) in [7, 11) is 1.70. The number of hydrogen-bond donors (Lipinski definition) is 1. The summed E-state index contributed by atoms with van der Waals surface area (Å²) in [5.74, 6) is 0.102. The van der Waals surface area contributed by atoms with Crippen LogP contribution in [0.1, 0.15) is 5.89 Å². The Morgan fingerprint density at radius 2 is 1.83 bits per heavy atom. The van der Waals surface area contributed by atoms with Gasteiger partial charge in [-0.2, -0.15) is 4.98 Å². The minimum absolute atomic E-state index is 0.0177. The van der Waals surface area contributed by atoms with E-state index in [1.807, 2.05) is 30.3 Å². The summed E-state index contributed by atoms with van der Waals surface area (Å²) >= 11 is 0. The van der Waals surface area contributed by atoms with Gasteiger partial charge in [0.15, 0.2) is 0 Å². The van der Waals surface area contributed by atoms with Crippen molar-refractivity contribution in [2.45, 2.75) is 12.9 Å². The van der Waals surface area contributed by atoms with Crippen LogP contribution in [0.3, 0.4) is 0 Å². The third-order valence-corrected chi connectivity index (χ3v) is 3.69. The second-order valence-corrected chi connectivity index (χ2v) is 6.17. The van der Waals surface area contributed by atoms with Crippen LogP contribution >= 0.6 is 0 Å². The Kier molecular flexibility index (Phi) is 6.13.